The third kappa shape index (κ3) is 14.7. The Morgan fingerprint density at radius 3 is 1.11 bits per heavy atom. The molecular formula is C60H70O11. The second-order valence-corrected chi connectivity index (χ2v) is 18.9. The zero-order valence-corrected chi connectivity index (χ0v) is 41.9. The molecule has 10 unspecified atom stereocenters. The fourth-order valence-corrected chi connectivity index (χ4v) is 8.84. The summed E-state index contributed by atoms with van der Waals surface area (Å²) in [7, 11) is 1.56. The van der Waals surface area contributed by atoms with Gasteiger partial charge in [-0.25, -0.2) is 0 Å². The van der Waals surface area contributed by atoms with Gasteiger partial charge in [0, 0.05) is 7.11 Å². The monoisotopic (exact) mass is 966 g/mol. The van der Waals surface area contributed by atoms with Crippen LogP contribution in [0.3, 0.4) is 0 Å². The van der Waals surface area contributed by atoms with Gasteiger partial charge in [0.2, 0.25) is 0 Å². The highest BCUT2D eigenvalue weighted by Gasteiger charge is 2.54. The summed E-state index contributed by atoms with van der Waals surface area (Å²) in [5, 5.41) is 11.0. The molecule has 0 radical (unpaired) electrons. The van der Waals surface area contributed by atoms with Gasteiger partial charge in [-0.15, -0.1) is 0 Å². The Balaban J connectivity index is 1.20. The molecule has 0 bridgehead atoms. The standard InChI is InChI=1S/C60H70O11/c1-40-12-22-46(23-13-40)33-63-39-52-54(65-35-47-24-14-41(2)15-25-47)55(66-36-48-26-16-42(3)17-27-48)57(67-37-49-28-18-43(4)19-29-49)60(70-52)71-56-53(64-34-45-10-8-7-9-11-45)51(32-61)69-59(62-6)58(56)68-38-50-30-20-44(5)21-31-50/h7-31,51-61H,32-39H2,1-6H3. The number of aliphatic hydroxyl groups excluding tert-OH is 1. The SMILES string of the molecule is COC1OC(CO)C(OCc2ccccc2)C(OC2OC(COCc3ccc(C)cc3)C(OCc3ccc(C)cc3)C(OCc3ccc(C)cc3)C2OCc2ccc(C)cc2)C1OCc1ccc(C)cc1. The highest BCUT2D eigenvalue weighted by molar-refractivity contribution is 5.24. The maximum Gasteiger partial charge on any atom is 0.187 e. The summed E-state index contributed by atoms with van der Waals surface area (Å²) in [5.41, 5.74) is 11.6. The quantitative estimate of drug-likeness (QED) is 0.0662. The highest BCUT2D eigenvalue weighted by atomic mass is 16.8. The van der Waals surface area contributed by atoms with Crippen LogP contribution in [0.15, 0.2) is 152 Å². The molecule has 6 aromatic rings. The van der Waals surface area contributed by atoms with Crippen molar-refractivity contribution in [2.24, 2.45) is 0 Å². The first-order valence-corrected chi connectivity index (χ1v) is 24.7. The van der Waals surface area contributed by atoms with Crippen molar-refractivity contribution in [2.45, 2.75) is 136 Å². The first kappa shape index (κ1) is 52.2. The van der Waals surface area contributed by atoms with Crippen molar-refractivity contribution in [1.82, 2.24) is 0 Å². The second kappa shape index (κ2) is 26.0. The molecule has 6 aromatic carbocycles. The van der Waals surface area contributed by atoms with Crippen molar-refractivity contribution in [3.05, 3.63) is 213 Å². The lowest BCUT2D eigenvalue weighted by Gasteiger charge is -2.50. The number of hydrogen-bond donors (Lipinski definition) is 1. The fraction of sp³-hybridized carbons (Fsp3) is 0.400. The number of rotatable bonds is 23. The third-order valence-corrected chi connectivity index (χ3v) is 13.1. The molecule has 71 heavy (non-hydrogen) atoms. The Bertz CT molecular complexity index is 2470. The molecule has 11 heteroatoms. The number of ether oxygens (including phenoxy) is 10. The van der Waals surface area contributed by atoms with Crippen LogP contribution in [0.5, 0.6) is 0 Å². The number of aliphatic hydroxyl groups is 1. The van der Waals surface area contributed by atoms with E-state index in [2.05, 4.69) is 125 Å². The van der Waals surface area contributed by atoms with E-state index in [9.17, 15) is 5.11 Å². The van der Waals surface area contributed by atoms with E-state index in [4.69, 9.17) is 47.4 Å². The number of aryl methyl sites for hydroxylation is 5. The molecule has 8 rings (SSSR count). The molecule has 11 nitrogen and oxygen atoms in total. The van der Waals surface area contributed by atoms with Gasteiger partial charge in [-0.2, -0.15) is 0 Å². The Morgan fingerprint density at radius 2 is 0.704 bits per heavy atom. The number of methoxy groups -OCH3 is 1. The maximum absolute atomic E-state index is 11.0. The van der Waals surface area contributed by atoms with Gasteiger partial charge in [-0.3, -0.25) is 0 Å². The van der Waals surface area contributed by atoms with E-state index < -0.39 is 61.4 Å². The molecule has 376 valence electrons. The minimum absolute atomic E-state index is 0.135. The molecule has 2 aliphatic rings. The Morgan fingerprint density at radius 1 is 0.366 bits per heavy atom. The predicted octanol–water partition coefficient (Wildman–Crippen LogP) is 10.1. The van der Waals surface area contributed by atoms with Crippen LogP contribution in [0, 0.1) is 34.6 Å². The van der Waals surface area contributed by atoms with Crippen molar-refractivity contribution in [1.29, 1.82) is 0 Å². The minimum atomic E-state index is -1.12. The van der Waals surface area contributed by atoms with Gasteiger partial charge in [-0.05, 0) is 68.0 Å². The molecule has 0 spiro atoms. The van der Waals surface area contributed by atoms with E-state index in [1.54, 1.807) is 7.11 Å². The van der Waals surface area contributed by atoms with Crippen LogP contribution in [0.4, 0.5) is 0 Å². The molecule has 2 fully saturated rings. The van der Waals surface area contributed by atoms with Gasteiger partial charge in [0.25, 0.3) is 0 Å². The Labute approximate surface area is 419 Å². The molecule has 10 atom stereocenters. The van der Waals surface area contributed by atoms with E-state index in [1.165, 1.54) is 5.56 Å². The zero-order valence-electron chi connectivity index (χ0n) is 41.9. The summed E-state index contributed by atoms with van der Waals surface area (Å²) < 4.78 is 68.5. The largest absolute Gasteiger partial charge is 0.394 e. The lowest BCUT2D eigenvalue weighted by Crippen LogP contribution is -2.66. The zero-order chi connectivity index (χ0) is 49.5. The molecule has 2 saturated heterocycles. The van der Waals surface area contributed by atoms with Crippen LogP contribution < -0.4 is 0 Å². The van der Waals surface area contributed by atoms with E-state index >= 15 is 0 Å². The number of hydrogen-bond acceptors (Lipinski definition) is 11. The summed E-state index contributed by atoms with van der Waals surface area (Å²) in [6.07, 6.45) is -8.69. The van der Waals surface area contributed by atoms with Gasteiger partial charge in [0.05, 0.1) is 52.9 Å². The minimum Gasteiger partial charge on any atom is -0.394 e. The average molecular weight is 967 g/mol. The lowest BCUT2D eigenvalue weighted by molar-refractivity contribution is -0.376. The van der Waals surface area contributed by atoms with Crippen LogP contribution in [-0.2, 0) is 87.0 Å². The summed E-state index contributed by atoms with van der Waals surface area (Å²) in [6, 6.07) is 51.2. The van der Waals surface area contributed by atoms with Gasteiger partial charge in [0.15, 0.2) is 12.6 Å². The maximum atomic E-state index is 11.0. The molecule has 0 saturated carbocycles. The summed E-state index contributed by atoms with van der Waals surface area (Å²) >= 11 is 0. The van der Waals surface area contributed by atoms with Gasteiger partial charge < -0.3 is 52.5 Å². The smallest absolute Gasteiger partial charge is 0.187 e. The van der Waals surface area contributed by atoms with Crippen LogP contribution in [-0.4, -0.2) is 86.8 Å². The van der Waals surface area contributed by atoms with Gasteiger partial charge in [0.1, 0.15) is 48.8 Å². The lowest BCUT2D eigenvalue weighted by atomic mass is 9.95. The topological polar surface area (TPSA) is 113 Å². The predicted molar refractivity (Wildman–Crippen MR) is 271 cm³/mol. The fourth-order valence-electron chi connectivity index (χ4n) is 8.84. The van der Waals surface area contributed by atoms with E-state index in [0.717, 1.165) is 55.6 Å². The molecule has 0 aliphatic carbocycles. The molecule has 2 heterocycles. The molecule has 0 amide bonds. The Kier molecular flexibility index (Phi) is 19.1. The normalized spacial score (nSPS) is 24.5. The van der Waals surface area contributed by atoms with Gasteiger partial charge >= 0.3 is 0 Å². The van der Waals surface area contributed by atoms with Crippen LogP contribution >= 0.6 is 0 Å². The number of benzene rings is 6. The molecule has 1 N–H and O–H groups in total. The van der Waals surface area contributed by atoms with Crippen molar-refractivity contribution in [3.63, 3.8) is 0 Å². The van der Waals surface area contributed by atoms with E-state index in [1.807, 2.05) is 61.5 Å². The summed E-state index contributed by atoms with van der Waals surface area (Å²) in [6.45, 7) is 11.6. The average Bonchev–Trinajstić information content (AvgIpc) is 3.39. The van der Waals surface area contributed by atoms with Crippen LogP contribution in [0.25, 0.3) is 0 Å². The first-order chi connectivity index (χ1) is 34.6. The van der Waals surface area contributed by atoms with E-state index in [0.29, 0.717) is 6.61 Å². The summed E-state index contributed by atoms with van der Waals surface area (Å²) in [5.74, 6) is 0. The van der Waals surface area contributed by atoms with Crippen molar-refractivity contribution < 1.29 is 52.5 Å². The highest BCUT2D eigenvalue weighted by Crippen LogP contribution is 2.37. The first-order valence-electron chi connectivity index (χ1n) is 24.7. The molecule has 0 aromatic heterocycles. The molecule has 2 aliphatic heterocycles. The van der Waals surface area contributed by atoms with E-state index in [-0.39, 0.29) is 46.2 Å². The van der Waals surface area contributed by atoms with Crippen LogP contribution in [0.1, 0.15) is 61.2 Å². The van der Waals surface area contributed by atoms with Crippen LogP contribution in [0.2, 0.25) is 0 Å². The van der Waals surface area contributed by atoms with Crippen molar-refractivity contribution in [3.8, 4) is 0 Å². The summed E-state index contributed by atoms with van der Waals surface area (Å²) in [4.78, 5) is 0. The van der Waals surface area contributed by atoms with Crippen molar-refractivity contribution >= 4 is 0 Å². The third-order valence-electron chi connectivity index (χ3n) is 13.1. The molecular weight excluding hydrogens is 897 g/mol. The van der Waals surface area contributed by atoms with Gasteiger partial charge in [-0.1, -0.05) is 179 Å². The van der Waals surface area contributed by atoms with Crippen molar-refractivity contribution in [2.75, 3.05) is 20.3 Å². The Hall–Kier alpha value is -5.12. The second-order valence-electron chi connectivity index (χ2n) is 18.9.